The van der Waals surface area contributed by atoms with Crippen LogP contribution in [0.5, 0.6) is 0 Å². The van der Waals surface area contributed by atoms with Crippen LogP contribution in [0.4, 0.5) is 0 Å². The molecule has 0 amide bonds. The van der Waals surface area contributed by atoms with Crippen LogP contribution >= 0.6 is 27.3 Å². The fraction of sp³-hybridized carbons (Fsp3) is 0.692. The van der Waals surface area contributed by atoms with Gasteiger partial charge in [0, 0.05) is 24.5 Å². The highest BCUT2D eigenvalue weighted by molar-refractivity contribution is 9.11. The van der Waals surface area contributed by atoms with Crippen LogP contribution in [-0.2, 0) is 16.6 Å². The number of thiophene rings is 1. The van der Waals surface area contributed by atoms with Gasteiger partial charge in [-0.15, -0.1) is 11.3 Å². The molecule has 2 rings (SSSR count). The first-order valence-corrected chi connectivity index (χ1v) is 10.0. The molecule has 0 bridgehead atoms. The Bertz CT molecular complexity index is 553. The van der Waals surface area contributed by atoms with E-state index in [-0.39, 0.29) is 0 Å². The van der Waals surface area contributed by atoms with Gasteiger partial charge in [0.1, 0.15) is 4.90 Å². The summed E-state index contributed by atoms with van der Waals surface area (Å²) in [5.41, 5.74) is 0. The van der Waals surface area contributed by atoms with Crippen LogP contribution in [0.25, 0.3) is 0 Å². The molecule has 1 saturated carbocycles. The van der Waals surface area contributed by atoms with Crippen molar-refractivity contribution < 1.29 is 8.42 Å². The van der Waals surface area contributed by atoms with Gasteiger partial charge in [0.05, 0.1) is 3.79 Å². The number of nitrogens with one attached hydrogen (secondary N) is 1. The molecule has 1 aliphatic rings. The summed E-state index contributed by atoms with van der Waals surface area (Å²) >= 11 is 4.90. The molecule has 1 heterocycles. The number of hydrogen-bond donors (Lipinski definition) is 1. The Kier molecular flexibility index (Phi) is 5.64. The Hall–Kier alpha value is 0.0500. The Morgan fingerprint density at radius 1 is 1.45 bits per heavy atom. The van der Waals surface area contributed by atoms with E-state index in [4.69, 9.17) is 0 Å². The van der Waals surface area contributed by atoms with E-state index in [2.05, 4.69) is 21.2 Å². The summed E-state index contributed by atoms with van der Waals surface area (Å²) in [5.74, 6) is 0.559. The zero-order chi connectivity index (χ0) is 14.8. The Labute approximate surface area is 133 Å². The van der Waals surface area contributed by atoms with Crippen LogP contribution in [0.1, 0.15) is 31.6 Å². The highest BCUT2D eigenvalue weighted by Crippen LogP contribution is 2.36. The van der Waals surface area contributed by atoms with E-state index in [1.165, 1.54) is 11.3 Å². The predicted molar refractivity (Wildman–Crippen MR) is 86.6 cm³/mol. The van der Waals surface area contributed by atoms with Gasteiger partial charge < -0.3 is 5.32 Å². The van der Waals surface area contributed by atoms with Gasteiger partial charge in [0.15, 0.2) is 0 Å². The molecule has 0 atom stereocenters. The van der Waals surface area contributed by atoms with Crippen molar-refractivity contribution >= 4 is 37.3 Å². The third-order valence-electron chi connectivity index (χ3n) is 3.39. The summed E-state index contributed by atoms with van der Waals surface area (Å²) in [6.45, 7) is 6.71. The van der Waals surface area contributed by atoms with Gasteiger partial charge in [-0.05, 0) is 47.3 Å². The number of nitrogens with zero attached hydrogens (tertiary/aromatic N) is 1. The second-order valence-corrected chi connectivity index (χ2v) is 9.39. The maximum Gasteiger partial charge on any atom is 0.245 e. The monoisotopic (exact) mass is 380 g/mol. The van der Waals surface area contributed by atoms with Crippen LogP contribution in [0.2, 0.25) is 0 Å². The molecule has 4 nitrogen and oxygen atoms in total. The zero-order valence-corrected chi connectivity index (χ0v) is 15.1. The van der Waals surface area contributed by atoms with E-state index >= 15 is 0 Å². The van der Waals surface area contributed by atoms with Crippen molar-refractivity contribution in [2.75, 3.05) is 19.6 Å². The lowest BCUT2D eigenvalue weighted by Gasteiger charge is -2.19. The maximum atomic E-state index is 12.7. The van der Waals surface area contributed by atoms with Gasteiger partial charge in [-0.2, -0.15) is 4.31 Å². The summed E-state index contributed by atoms with van der Waals surface area (Å²) in [5, 5.41) is 3.22. The van der Waals surface area contributed by atoms with Crippen LogP contribution in [0, 0.1) is 5.92 Å². The van der Waals surface area contributed by atoms with Crippen LogP contribution in [0.3, 0.4) is 0 Å². The molecule has 1 aromatic rings. The molecular weight excluding hydrogens is 360 g/mol. The molecule has 7 heteroatoms. The summed E-state index contributed by atoms with van der Waals surface area (Å²) in [7, 11) is -3.37. The number of halogens is 1. The molecule has 0 unspecified atom stereocenters. The minimum Gasteiger partial charge on any atom is -0.312 e. The van der Waals surface area contributed by atoms with Crippen molar-refractivity contribution in [3.63, 3.8) is 0 Å². The summed E-state index contributed by atoms with van der Waals surface area (Å²) in [6, 6.07) is 1.79. The molecule has 0 aromatic carbocycles. The largest absolute Gasteiger partial charge is 0.312 e. The van der Waals surface area contributed by atoms with E-state index in [1.54, 1.807) is 10.4 Å². The van der Waals surface area contributed by atoms with Gasteiger partial charge in [-0.25, -0.2) is 8.42 Å². The topological polar surface area (TPSA) is 49.4 Å². The van der Waals surface area contributed by atoms with E-state index < -0.39 is 10.0 Å². The first-order chi connectivity index (χ1) is 9.48. The van der Waals surface area contributed by atoms with Gasteiger partial charge in [-0.3, -0.25) is 0 Å². The molecule has 20 heavy (non-hydrogen) atoms. The highest BCUT2D eigenvalue weighted by Gasteiger charge is 2.32. The predicted octanol–water partition coefficient (Wildman–Crippen LogP) is 3.04. The normalized spacial score (nSPS) is 16.0. The lowest BCUT2D eigenvalue weighted by atomic mass is 10.4. The first kappa shape index (κ1) is 16.4. The molecule has 0 radical (unpaired) electrons. The summed E-state index contributed by atoms with van der Waals surface area (Å²) in [6.07, 6.45) is 2.31. The van der Waals surface area contributed by atoms with Crippen LogP contribution in [0.15, 0.2) is 14.7 Å². The quantitative estimate of drug-likeness (QED) is 0.753. The fourth-order valence-electron chi connectivity index (χ4n) is 2.03. The lowest BCUT2D eigenvalue weighted by molar-refractivity contribution is 0.412. The Morgan fingerprint density at radius 3 is 2.70 bits per heavy atom. The third kappa shape index (κ3) is 3.82. The van der Waals surface area contributed by atoms with Crippen molar-refractivity contribution in [3.8, 4) is 0 Å². The zero-order valence-electron chi connectivity index (χ0n) is 11.9. The van der Waals surface area contributed by atoms with Crippen LogP contribution < -0.4 is 5.32 Å². The number of hydrogen-bond acceptors (Lipinski definition) is 4. The second kappa shape index (κ2) is 6.87. The van der Waals surface area contributed by atoms with Crippen LogP contribution in [-0.4, -0.2) is 32.4 Å². The molecular formula is C13H21BrN2O2S2. The molecule has 1 aromatic heterocycles. The Morgan fingerprint density at radius 2 is 2.15 bits per heavy atom. The van der Waals surface area contributed by atoms with E-state index in [0.717, 1.165) is 24.3 Å². The van der Waals surface area contributed by atoms with E-state index in [9.17, 15) is 8.42 Å². The standard InChI is InChI=1S/C13H21BrN2O2S2/c1-3-15-8-11-7-12(13(14)19-11)20(17,18)16(4-2)9-10-5-6-10/h7,10,15H,3-6,8-9H2,1-2H3. The molecule has 0 spiro atoms. The van der Waals surface area contributed by atoms with Crippen molar-refractivity contribution in [2.24, 2.45) is 5.92 Å². The van der Waals surface area contributed by atoms with Crippen molar-refractivity contribution in [2.45, 2.75) is 38.1 Å². The summed E-state index contributed by atoms with van der Waals surface area (Å²) in [4.78, 5) is 1.46. The first-order valence-electron chi connectivity index (χ1n) is 6.98. The maximum absolute atomic E-state index is 12.7. The molecule has 114 valence electrons. The number of rotatable bonds is 8. The van der Waals surface area contributed by atoms with Crippen molar-refractivity contribution in [1.82, 2.24) is 9.62 Å². The minimum atomic E-state index is -3.37. The highest BCUT2D eigenvalue weighted by atomic mass is 79.9. The average Bonchev–Trinajstić information content (AvgIpc) is 3.15. The van der Waals surface area contributed by atoms with Gasteiger partial charge in [-0.1, -0.05) is 13.8 Å². The second-order valence-electron chi connectivity index (χ2n) is 5.03. The lowest BCUT2D eigenvalue weighted by Crippen LogP contribution is -2.32. The molecule has 1 N–H and O–H groups in total. The number of sulfonamides is 1. The van der Waals surface area contributed by atoms with Gasteiger partial charge >= 0.3 is 0 Å². The average molecular weight is 381 g/mol. The van der Waals surface area contributed by atoms with Gasteiger partial charge in [0.2, 0.25) is 10.0 Å². The van der Waals surface area contributed by atoms with Crippen molar-refractivity contribution in [3.05, 3.63) is 14.7 Å². The smallest absolute Gasteiger partial charge is 0.245 e. The fourth-order valence-corrected chi connectivity index (χ4v) is 6.16. The SMILES string of the molecule is CCNCc1cc(S(=O)(=O)N(CC)CC2CC2)c(Br)s1. The van der Waals surface area contributed by atoms with E-state index in [1.807, 2.05) is 13.8 Å². The molecule has 1 fully saturated rings. The third-order valence-corrected chi connectivity index (χ3v) is 7.58. The van der Waals surface area contributed by atoms with E-state index in [0.29, 0.717) is 34.2 Å². The minimum absolute atomic E-state index is 0.415. The molecule has 0 aliphatic heterocycles. The molecule has 1 aliphatic carbocycles. The summed E-state index contributed by atoms with van der Waals surface area (Å²) < 4.78 is 27.7. The van der Waals surface area contributed by atoms with Gasteiger partial charge in [0.25, 0.3) is 0 Å². The molecule has 0 saturated heterocycles. The Balaban J connectivity index is 2.20. The van der Waals surface area contributed by atoms with Crippen molar-refractivity contribution in [1.29, 1.82) is 0 Å².